The van der Waals surface area contributed by atoms with Gasteiger partial charge in [-0.1, -0.05) is 0 Å². The molecule has 0 fully saturated rings. The Morgan fingerprint density at radius 3 is 1.15 bits per heavy atom. The summed E-state index contributed by atoms with van der Waals surface area (Å²) in [5, 5.41) is 12.6. The van der Waals surface area contributed by atoms with Crippen molar-refractivity contribution in [3.8, 4) is 0 Å². The van der Waals surface area contributed by atoms with E-state index >= 15 is 0 Å². The van der Waals surface area contributed by atoms with E-state index in [4.69, 9.17) is 0 Å². The van der Waals surface area contributed by atoms with Gasteiger partial charge in [0.15, 0.2) is 0 Å². The van der Waals surface area contributed by atoms with Crippen LogP contribution in [-0.2, 0) is 6.42 Å². The van der Waals surface area contributed by atoms with E-state index < -0.39 is 36.8 Å². The molecule has 0 aliphatic carbocycles. The molecule has 0 aliphatic rings. The maximum absolute atomic E-state index is 12.6. The molecule has 1 rings (SSSR count). The number of hydrogen-bond acceptors (Lipinski definition) is 1. The molecule has 0 unspecified atom stereocenters. The Kier molecular flexibility index (Phi) is 20.9. The van der Waals surface area contributed by atoms with Crippen molar-refractivity contribution in [1.82, 2.24) is 0 Å². The minimum atomic E-state index is -2.77. The van der Waals surface area contributed by atoms with Crippen molar-refractivity contribution < 1.29 is 5.11 Å². The topological polar surface area (TPSA) is 20.2 Å². The first-order chi connectivity index (χ1) is 19.6. The summed E-state index contributed by atoms with van der Waals surface area (Å²) in [6, 6.07) is 11.4. The SMILES string of the molecule is CCC[CH2][Sn]([CH2]CCC)([CH2]CCC)[CH]([C@@H](Cc1ccccc1)[C@H](O)C(C)(C)C)[Sn]([CH2]CCC)([CH2]CCC)[CH2]CCC. The Bertz CT molecular complexity index is 680. The average molecular weight is 784 g/mol. The maximum atomic E-state index is 12.6. The van der Waals surface area contributed by atoms with Crippen molar-refractivity contribution in [3.05, 3.63) is 35.9 Å². The molecule has 3 heteroatoms. The van der Waals surface area contributed by atoms with Gasteiger partial charge in [0, 0.05) is 0 Å². The van der Waals surface area contributed by atoms with Gasteiger partial charge in [-0.3, -0.25) is 0 Å². The van der Waals surface area contributed by atoms with Crippen molar-refractivity contribution in [3.63, 3.8) is 0 Å². The number of rotatable bonds is 24. The molecule has 2 atom stereocenters. The molecule has 0 spiro atoms. The second-order valence-corrected chi connectivity index (χ2v) is 47.4. The van der Waals surface area contributed by atoms with Crippen molar-refractivity contribution in [1.29, 1.82) is 0 Å². The first-order valence-electron chi connectivity index (χ1n) is 18.3. The van der Waals surface area contributed by atoms with E-state index in [1.165, 1.54) is 82.6 Å². The van der Waals surface area contributed by atoms with Crippen molar-refractivity contribution >= 4 is 36.8 Å². The molecule has 0 heterocycles. The number of unbranched alkanes of at least 4 members (excludes halogenated alkanes) is 6. The van der Waals surface area contributed by atoms with Crippen LogP contribution in [0.2, 0.25) is 28.6 Å². The predicted octanol–water partition coefficient (Wildman–Crippen LogP) is 12.9. The monoisotopic (exact) mass is 786 g/mol. The van der Waals surface area contributed by atoms with Crippen LogP contribution in [0, 0.1) is 11.3 Å². The Balaban J connectivity index is 4.17. The van der Waals surface area contributed by atoms with Crippen LogP contribution in [0.1, 0.15) is 145 Å². The Morgan fingerprint density at radius 2 is 0.878 bits per heavy atom. The third-order valence-corrected chi connectivity index (χ3v) is 67.1. The number of aliphatic hydroxyl groups is 1. The Morgan fingerprint density at radius 1 is 0.561 bits per heavy atom. The molecule has 1 nitrogen and oxygen atoms in total. The summed E-state index contributed by atoms with van der Waals surface area (Å²) < 4.78 is 10.6. The predicted molar refractivity (Wildman–Crippen MR) is 193 cm³/mol. The van der Waals surface area contributed by atoms with Gasteiger partial charge in [-0.05, 0) is 0 Å². The van der Waals surface area contributed by atoms with Crippen LogP contribution in [0.3, 0.4) is 0 Å². The number of hydrogen-bond donors (Lipinski definition) is 1. The van der Waals surface area contributed by atoms with Crippen LogP contribution in [0.25, 0.3) is 0 Å². The fourth-order valence-electron chi connectivity index (χ4n) is 8.35. The molecule has 1 aromatic rings. The summed E-state index contributed by atoms with van der Waals surface area (Å²) in [5.74, 6) is 0.458. The second-order valence-electron chi connectivity index (χ2n) is 15.0. The van der Waals surface area contributed by atoms with Crippen molar-refractivity contribution in [2.45, 2.75) is 180 Å². The zero-order chi connectivity index (χ0) is 30.8. The molecule has 0 amide bonds. The third kappa shape index (κ3) is 13.0. The molecule has 0 saturated carbocycles. The van der Waals surface area contributed by atoms with Crippen LogP contribution in [0.15, 0.2) is 30.3 Å². The molecule has 0 saturated heterocycles. The van der Waals surface area contributed by atoms with Crippen LogP contribution >= 0.6 is 0 Å². The van der Waals surface area contributed by atoms with Gasteiger partial charge in [-0.25, -0.2) is 0 Å². The molecule has 0 aromatic heterocycles. The minimum absolute atomic E-state index is 0.0759. The Hall–Kier alpha value is 0.777. The molecular weight excluding hydrogens is 710 g/mol. The van der Waals surface area contributed by atoms with Gasteiger partial charge >= 0.3 is 270 Å². The van der Waals surface area contributed by atoms with Crippen LogP contribution in [0.5, 0.6) is 0 Å². The van der Waals surface area contributed by atoms with Crippen molar-refractivity contribution in [2.24, 2.45) is 11.3 Å². The zero-order valence-electron chi connectivity index (χ0n) is 29.5. The van der Waals surface area contributed by atoms with Gasteiger partial charge < -0.3 is 0 Å². The third-order valence-electron chi connectivity index (χ3n) is 10.5. The van der Waals surface area contributed by atoms with Crippen LogP contribution in [0.4, 0.5) is 0 Å². The van der Waals surface area contributed by atoms with E-state index in [2.05, 4.69) is 92.6 Å². The standard InChI is InChI=1S/C14H20O.6C4H9.2Sn/c1-11(13(15)14(2,3)4)10-12-8-6-5-7-9-12;6*1-3-4-2;;/h1,5-9,11,13,15H,10H2,2-4H3;6*1,3-4H2,2H3;;/t11-,13-;;;;;;;;/m0......../s1. The molecule has 240 valence electrons. The van der Waals surface area contributed by atoms with E-state index in [-0.39, 0.29) is 11.5 Å². The van der Waals surface area contributed by atoms with Gasteiger partial charge in [0.1, 0.15) is 0 Å². The second kappa shape index (κ2) is 21.5. The molecular formula is C38H74OSn2. The fourth-order valence-corrected chi connectivity index (χ4v) is 88.1. The van der Waals surface area contributed by atoms with E-state index in [0.29, 0.717) is 5.92 Å². The van der Waals surface area contributed by atoms with Crippen LogP contribution in [-0.4, -0.2) is 48.0 Å². The zero-order valence-corrected chi connectivity index (χ0v) is 35.2. The Labute approximate surface area is 267 Å². The van der Waals surface area contributed by atoms with E-state index in [1.807, 2.05) is 0 Å². The molecule has 1 N–H and O–H groups in total. The molecule has 0 aliphatic heterocycles. The number of benzene rings is 1. The van der Waals surface area contributed by atoms with Gasteiger partial charge in [-0.15, -0.1) is 0 Å². The van der Waals surface area contributed by atoms with Crippen LogP contribution < -0.4 is 0 Å². The summed E-state index contributed by atoms with van der Waals surface area (Å²) in [4.78, 5) is 0. The van der Waals surface area contributed by atoms with Gasteiger partial charge in [-0.2, -0.15) is 0 Å². The molecule has 0 radical (unpaired) electrons. The van der Waals surface area contributed by atoms with Crippen molar-refractivity contribution in [2.75, 3.05) is 0 Å². The average Bonchev–Trinajstić information content (AvgIpc) is 2.97. The fraction of sp³-hybridized carbons (Fsp3) is 0.842. The summed E-state index contributed by atoms with van der Waals surface area (Å²) in [6.07, 6.45) is 17.6. The van der Waals surface area contributed by atoms with E-state index in [9.17, 15) is 5.11 Å². The summed E-state index contributed by atoms with van der Waals surface area (Å²) in [7, 11) is 0. The molecule has 0 bridgehead atoms. The van der Waals surface area contributed by atoms with Gasteiger partial charge in [0.2, 0.25) is 0 Å². The molecule has 41 heavy (non-hydrogen) atoms. The first-order valence-corrected chi connectivity index (χ1v) is 33.7. The summed E-state index contributed by atoms with van der Waals surface area (Å²) in [5.41, 5.74) is 1.40. The molecule has 1 aromatic carbocycles. The normalized spacial score (nSPS) is 14.5. The van der Waals surface area contributed by atoms with Gasteiger partial charge in [0.05, 0.1) is 0 Å². The number of aliphatic hydroxyl groups excluding tert-OH is 1. The van der Waals surface area contributed by atoms with Gasteiger partial charge in [0.25, 0.3) is 0 Å². The van der Waals surface area contributed by atoms with E-state index in [0.717, 1.165) is 8.37 Å². The first kappa shape index (κ1) is 39.8. The van der Waals surface area contributed by atoms with E-state index in [1.54, 1.807) is 26.6 Å². The summed E-state index contributed by atoms with van der Waals surface area (Å²) >= 11 is -5.53. The summed E-state index contributed by atoms with van der Waals surface area (Å²) in [6.45, 7) is 21.7. The quantitative estimate of drug-likeness (QED) is 0.104.